The van der Waals surface area contributed by atoms with Crippen molar-refractivity contribution in [1.29, 1.82) is 0 Å². The number of nitrogens with zero attached hydrogens (tertiary/aromatic N) is 1. The average Bonchev–Trinajstić information content (AvgIpc) is 2.77. The second-order valence-corrected chi connectivity index (χ2v) is 4.78. The van der Waals surface area contributed by atoms with Crippen molar-refractivity contribution >= 4 is 0 Å². The number of fused-ring (bicyclic) bond motifs is 1. The first-order chi connectivity index (χ1) is 7.84. The van der Waals surface area contributed by atoms with Gasteiger partial charge >= 0.3 is 0 Å². The summed E-state index contributed by atoms with van der Waals surface area (Å²) in [4.78, 5) is 5.83. The SMILES string of the molecule is NC1Cc2[nH]ccc2C(N2CCOCC2)C1. The summed E-state index contributed by atoms with van der Waals surface area (Å²) in [7, 11) is 0. The molecule has 1 aromatic rings. The van der Waals surface area contributed by atoms with Crippen LogP contribution in [0.2, 0.25) is 0 Å². The molecule has 1 aliphatic carbocycles. The van der Waals surface area contributed by atoms with E-state index < -0.39 is 0 Å². The summed E-state index contributed by atoms with van der Waals surface area (Å²) in [6.07, 6.45) is 4.10. The number of hydrogen-bond acceptors (Lipinski definition) is 3. The Balaban J connectivity index is 1.84. The molecule has 88 valence electrons. The lowest BCUT2D eigenvalue weighted by atomic mass is 9.88. The summed E-state index contributed by atoms with van der Waals surface area (Å²) in [6.45, 7) is 3.76. The summed E-state index contributed by atoms with van der Waals surface area (Å²) < 4.78 is 5.41. The molecule has 16 heavy (non-hydrogen) atoms. The van der Waals surface area contributed by atoms with Gasteiger partial charge < -0.3 is 15.5 Å². The van der Waals surface area contributed by atoms with Gasteiger partial charge in [-0.05, 0) is 18.1 Å². The van der Waals surface area contributed by atoms with Crippen LogP contribution in [0, 0.1) is 0 Å². The minimum absolute atomic E-state index is 0.291. The Morgan fingerprint density at radius 2 is 2.19 bits per heavy atom. The number of aromatic nitrogens is 1. The standard InChI is InChI=1S/C12H19N3O/c13-9-7-11-10(1-2-14-11)12(8-9)15-3-5-16-6-4-15/h1-2,9,12,14H,3-8,13H2. The monoisotopic (exact) mass is 221 g/mol. The van der Waals surface area contributed by atoms with Gasteiger partial charge in [0.15, 0.2) is 0 Å². The van der Waals surface area contributed by atoms with E-state index in [1.165, 1.54) is 11.3 Å². The molecule has 2 unspecified atom stereocenters. The Bertz CT molecular complexity index is 357. The largest absolute Gasteiger partial charge is 0.379 e. The molecule has 0 bridgehead atoms. The van der Waals surface area contributed by atoms with Crippen LogP contribution in [0.25, 0.3) is 0 Å². The molecule has 2 atom stereocenters. The fourth-order valence-corrected chi connectivity index (χ4v) is 2.90. The predicted octanol–water partition coefficient (Wildman–Crippen LogP) is 0.661. The molecule has 1 aromatic heterocycles. The van der Waals surface area contributed by atoms with Crippen molar-refractivity contribution in [2.45, 2.75) is 24.9 Å². The van der Waals surface area contributed by atoms with Gasteiger partial charge in [-0.25, -0.2) is 0 Å². The molecule has 1 aliphatic heterocycles. The highest BCUT2D eigenvalue weighted by Crippen LogP contribution is 2.33. The number of aromatic amines is 1. The van der Waals surface area contributed by atoms with Crippen molar-refractivity contribution in [3.63, 3.8) is 0 Å². The summed E-state index contributed by atoms with van der Waals surface area (Å²) in [5.41, 5.74) is 8.90. The Morgan fingerprint density at radius 3 is 3.00 bits per heavy atom. The number of H-pyrrole nitrogens is 1. The zero-order valence-corrected chi connectivity index (χ0v) is 9.48. The normalized spacial score (nSPS) is 31.3. The summed E-state index contributed by atoms with van der Waals surface area (Å²) in [5, 5.41) is 0. The summed E-state index contributed by atoms with van der Waals surface area (Å²) >= 11 is 0. The van der Waals surface area contributed by atoms with E-state index in [1.807, 2.05) is 6.20 Å². The molecule has 0 amide bonds. The molecule has 1 saturated heterocycles. The second-order valence-electron chi connectivity index (χ2n) is 4.78. The molecule has 0 aromatic carbocycles. The number of morpholine rings is 1. The highest BCUT2D eigenvalue weighted by Gasteiger charge is 2.30. The van der Waals surface area contributed by atoms with Crippen molar-refractivity contribution in [1.82, 2.24) is 9.88 Å². The van der Waals surface area contributed by atoms with E-state index in [4.69, 9.17) is 10.5 Å². The molecule has 0 saturated carbocycles. The van der Waals surface area contributed by atoms with E-state index in [2.05, 4.69) is 16.0 Å². The molecule has 1 fully saturated rings. The van der Waals surface area contributed by atoms with E-state index in [-0.39, 0.29) is 0 Å². The highest BCUT2D eigenvalue weighted by atomic mass is 16.5. The minimum Gasteiger partial charge on any atom is -0.379 e. The molecule has 0 spiro atoms. The average molecular weight is 221 g/mol. The Kier molecular flexibility index (Phi) is 2.71. The van der Waals surface area contributed by atoms with Gasteiger partial charge in [-0.3, -0.25) is 4.90 Å². The Labute approximate surface area is 95.8 Å². The molecular weight excluding hydrogens is 202 g/mol. The molecule has 4 heteroatoms. The predicted molar refractivity (Wildman–Crippen MR) is 62.2 cm³/mol. The molecule has 3 N–H and O–H groups in total. The number of ether oxygens (including phenoxy) is 1. The van der Waals surface area contributed by atoms with Crippen LogP contribution in [0.1, 0.15) is 23.7 Å². The fourth-order valence-electron chi connectivity index (χ4n) is 2.90. The molecule has 4 nitrogen and oxygen atoms in total. The molecular formula is C12H19N3O. The number of nitrogens with one attached hydrogen (secondary N) is 1. The second kappa shape index (κ2) is 4.20. The van der Waals surface area contributed by atoms with E-state index in [9.17, 15) is 0 Å². The smallest absolute Gasteiger partial charge is 0.0594 e. The van der Waals surface area contributed by atoms with E-state index in [1.54, 1.807) is 0 Å². The van der Waals surface area contributed by atoms with Crippen molar-refractivity contribution in [3.05, 3.63) is 23.5 Å². The number of rotatable bonds is 1. The van der Waals surface area contributed by atoms with Gasteiger partial charge in [0.2, 0.25) is 0 Å². The van der Waals surface area contributed by atoms with Gasteiger partial charge in [0.1, 0.15) is 0 Å². The van der Waals surface area contributed by atoms with E-state index >= 15 is 0 Å². The Hall–Kier alpha value is -0.840. The van der Waals surface area contributed by atoms with Crippen LogP contribution in [0.4, 0.5) is 0 Å². The maximum absolute atomic E-state index is 6.13. The van der Waals surface area contributed by atoms with Crippen LogP contribution in [-0.2, 0) is 11.2 Å². The Morgan fingerprint density at radius 1 is 1.38 bits per heavy atom. The zero-order chi connectivity index (χ0) is 11.0. The van der Waals surface area contributed by atoms with Crippen LogP contribution >= 0.6 is 0 Å². The van der Waals surface area contributed by atoms with Crippen molar-refractivity contribution in [3.8, 4) is 0 Å². The van der Waals surface area contributed by atoms with Crippen LogP contribution in [0.3, 0.4) is 0 Å². The maximum atomic E-state index is 6.13. The van der Waals surface area contributed by atoms with Crippen molar-refractivity contribution in [2.24, 2.45) is 5.73 Å². The van der Waals surface area contributed by atoms with Gasteiger partial charge in [-0.2, -0.15) is 0 Å². The molecule has 3 rings (SSSR count). The number of hydrogen-bond donors (Lipinski definition) is 2. The van der Waals surface area contributed by atoms with Gasteiger partial charge in [0.25, 0.3) is 0 Å². The summed E-state index contributed by atoms with van der Waals surface area (Å²) in [5.74, 6) is 0. The molecule has 0 radical (unpaired) electrons. The van der Waals surface area contributed by atoms with Crippen LogP contribution in [0.15, 0.2) is 12.3 Å². The van der Waals surface area contributed by atoms with Gasteiger partial charge in [-0.1, -0.05) is 0 Å². The quantitative estimate of drug-likeness (QED) is 0.732. The first-order valence-electron chi connectivity index (χ1n) is 6.08. The first kappa shape index (κ1) is 10.3. The molecule has 2 aliphatic rings. The topological polar surface area (TPSA) is 54.3 Å². The van der Waals surface area contributed by atoms with Gasteiger partial charge in [-0.15, -0.1) is 0 Å². The highest BCUT2D eigenvalue weighted by molar-refractivity contribution is 5.28. The molecule has 2 heterocycles. The fraction of sp³-hybridized carbons (Fsp3) is 0.667. The third-order valence-electron chi connectivity index (χ3n) is 3.71. The number of nitrogens with two attached hydrogens (primary N) is 1. The maximum Gasteiger partial charge on any atom is 0.0594 e. The van der Waals surface area contributed by atoms with Crippen molar-refractivity contribution < 1.29 is 4.74 Å². The lowest BCUT2D eigenvalue weighted by Crippen LogP contribution is -2.43. The third-order valence-corrected chi connectivity index (χ3v) is 3.71. The van der Waals surface area contributed by atoms with Crippen molar-refractivity contribution in [2.75, 3.05) is 26.3 Å². The first-order valence-corrected chi connectivity index (χ1v) is 6.08. The third kappa shape index (κ3) is 1.77. The van der Waals surface area contributed by atoms with E-state index in [0.717, 1.165) is 39.1 Å². The summed E-state index contributed by atoms with van der Waals surface area (Å²) in [6, 6.07) is 2.99. The van der Waals surface area contributed by atoms with Gasteiger partial charge in [0, 0.05) is 43.5 Å². The van der Waals surface area contributed by atoms with Crippen LogP contribution < -0.4 is 5.73 Å². The zero-order valence-electron chi connectivity index (χ0n) is 9.48. The minimum atomic E-state index is 0.291. The van der Waals surface area contributed by atoms with Gasteiger partial charge in [0.05, 0.1) is 13.2 Å². The van der Waals surface area contributed by atoms with E-state index in [0.29, 0.717) is 12.1 Å². The van der Waals surface area contributed by atoms with Crippen LogP contribution in [0.5, 0.6) is 0 Å². The van der Waals surface area contributed by atoms with Crippen LogP contribution in [-0.4, -0.2) is 42.2 Å². The lowest BCUT2D eigenvalue weighted by Gasteiger charge is -2.38. The lowest BCUT2D eigenvalue weighted by molar-refractivity contribution is 0.0112.